The van der Waals surface area contributed by atoms with Crippen LogP contribution in [0, 0.1) is 0 Å². The van der Waals surface area contributed by atoms with Crippen molar-refractivity contribution in [2.24, 2.45) is 0 Å². The Balaban J connectivity index is 1.44. The number of hydrogen-bond donors (Lipinski definition) is 0. The van der Waals surface area contributed by atoms with E-state index in [4.69, 9.17) is 9.72 Å². The highest BCUT2D eigenvalue weighted by Crippen LogP contribution is 2.35. The molecular formula is C25H20N4O3S2. The third-order valence-corrected chi connectivity index (χ3v) is 7.93. The smallest absolute Gasteiger partial charge is 0.349 e. The molecule has 0 unspecified atom stereocenters. The zero-order valence-corrected chi connectivity index (χ0v) is 19.8. The molecule has 3 aromatic heterocycles. The van der Waals surface area contributed by atoms with E-state index in [0.717, 1.165) is 33.9 Å². The average Bonchev–Trinajstić information content (AvgIpc) is 3.57. The minimum atomic E-state index is -0.442. The molecule has 0 aliphatic carbocycles. The van der Waals surface area contributed by atoms with E-state index in [9.17, 15) is 9.59 Å². The maximum absolute atomic E-state index is 13.2. The molecule has 6 rings (SSSR count). The lowest BCUT2D eigenvalue weighted by Gasteiger charge is -2.25. The second kappa shape index (κ2) is 8.75. The fourth-order valence-corrected chi connectivity index (χ4v) is 5.97. The van der Waals surface area contributed by atoms with Crippen LogP contribution in [0.5, 0.6) is 0 Å². The average molecular weight is 489 g/mol. The number of nitrogens with zero attached hydrogens (tertiary/aromatic N) is 4. The molecule has 0 N–H and O–H groups in total. The van der Waals surface area contributed by atoms with E-state index in [-0.39, 0.29) is 12.3 Å². The molecule has 2 aromatic carbocycles. The quantitative estimate of drug-likeness (QED) is 0.340. The van der Waals surface area contributed by atoms with Crippen LogP contribution in [-0.2, 0) is 11.3 Å². The summed E-state index contributed by atoms with van der Waals surface area (Å²) >= 11 is 2.95. The van der Waals surface area contributed by atoms with Crippen LogP contribution in [-0.4, -0.2) is 46.6 Å². The van der Waals surface area contributed by atoms with Crippen molar-refractivity contribution in [1.29, 1.82) is 0 Å². The summed E-state index contributed by atoms with van der Waals surface area (Å²) < 4.78 is 6.94. The van der Waals surface area contributed by atoms with Crippen molar-refractivity contribution in [3.63, 3.8) is 0 Å². The van der Waals surface area contributed by atoms with Gasteiger partial charge in [0.15, 0.2) is 10.9 Å². The number of ether oxygens (including phenoxy) is 1. The third kappa shape index (κ3) is 3.81. The number of fused-ring (bicyclic) bond motifs is 2. The molecule has 9 heteroatoms. The second-order valence-corrected chi connectivity index (χ2v) is 9.94. The molecule has 5 aromatic rings. The molecule has 1 aliphatic heterocycles. The number of Topliss-reactive ketones (excluding diaryl/α,β-unsaturated/α-hetero) is 1. The van der Waals surface area contributed by atoms with Crippen LogP contribution in [0.25, 0.3) is 31.7 Å². The monoisotopic (exact) mass is 488 g/mol. The van der Waals surface area contributed by atoms with Gasteiger partial charge in [-0.05, 0) is 28.3 Å². The highest BCUT2D eigenvalue weighted by atomic mass is 32.1. The van der Waals surface area contributed by atoms with Gasteiger partial charge in [0.05, 0.1) is 24.6 Å². The SMILES string of the molecule is O=C(Cn1c(=O)nc(-c2cccs2)c2nc(N3CCOCC3)sc21)c1ccc2ccccc2c1. The zero-order chi connectivity index (χ0) is 23.1. The highest BCUT2D eigenvalue weighted by molar-refractivity contribution is 7.22. The van der Waals surface area contributed by atoms with Crippen molar-refractivity contribution in [2.45, 2.75) is 6.54 Å². The van der Waals surface area contributed by atoms with Gasteiger partial charge in [-0.1, -0.05) is 53.8 Å². The Hall–Kier alpha value is -3.40. The summed E-state index contributed by atoms with van der Waals surface area (Å²) in [4.78, 5) is 39.4. The Kier molecular flexibility index (Phi) is 5.44. The molecule has 0 atom stereocenters. The minimum Gasteiger partial charge on any atom is -0.378 e. The number of ketones is 1. The molecule has 1 aliphatic rings. The van der Waals surface area contributed by atoms with Crippen LogP contribution in [0.3, 0.4) is 0 Å². The maximum Gasteiger partial charge on any atom is 0.349 e. The van der Waals surface area contributed by atoms with Gasteiger partial charge < -0.3 is 9.64 Å². The van der Waals surface area contributed by atoms with Gasteiger partial charge in [0, 0.05) is 18.7 Å². The lowest BCUT2D eigenvalue weighted by molar-refractivity contribution is 0.0972. The van der Waals surface area contributed by atoms with Gasteiger partial charge >= 0.3 is 5.69 Å². The minimum absolute atomic E-state index is 0.0872. The van der Waals surface area contributed by atoms with Crippen molar-refractivity contribution in [2.75, 3.05) is 31.2 Å². The molecule has 1 fully saturated rings. The Labute approximate surface area is 202 Å². The predicted octanol–water partition coefficient (Wildman–Crippen LogP) is 4.45. The van der Waals surface area contributed by atoms with Crippen molar-refractivity contribution in [1.82, 2.24) is 14.5 Å². The fourth-order valence-electron chi connectivity index (χ4n) is 4.15. The van der Waals surface area contributed by atoms with E-state index < -0.39 is 5.69 Å². The van der Waals surface area contributed by atoms with Crippen molar-refractivity contribution in [3.8, 4) is 10.6 Å². The number of carbonyl (C=O) groups excluding carboxylic acids is 1. The fraction of sp³-hybridized carbons (Fsp3) is 0.200. The first-order valence-electron chi connectivity index (χ1n) is 11.0. The van der Waals surface area contributed by atoms with E-state index >= 15 is 0 Å². The van der Waals surface area contributed by atoms with Gasteiger partial charge in [0.25, 0.3) is 0 Å². The topological polar surface area (TPSA) is 77.3 Å². The zero-order valence-electron chi connectivity index (χ0n) is 18.1. The van der Waals surface area contributed by atoms with Crippen LogP contribution in [0.15, 0.2) is 64.8 Å². The normalized spacial score (nSPS) is 14.2. The van der Waals surface area contributed by atoms with Crippen LogP contribution in [0.2, 0.25) is 0 Å². The molecule has 0 spiro atoms. The Bertz CT molecular complexity index is 1570. The summed E-state index contributed by atoms with van der Waals surface area (Å²) in [6, 6.07) is 17.4. The lowest BCUT2D eigenvalue weighted by Crippen LogP contribution is -2.36. The number of hydrogen-bond acceptors (Lipinski definition) is 8. The standard InChI is InChI=1S/C25H20N4O3S2/c30-19(18-8-7-16-4-1-2-5-17(16)14-18)15-29-23-22(21(26-24(29)31)20-6-3-13-33-20)27-25(34-23)28-9-11-32-12-10-28/h1-8,13-14H,9-12,15H2. The van der Waals surface area contributed by atoms with Gasteiger partial charge in [-0.25, -0.2) is 9.78 Å². The first-order valence-corrected chi connectivity index (χ1v) is 12.7. The first-order chi connectivity index (χ1) is 16.7. The Morgan fingerprint density at radius 1 is 1.00 bits per heavy atom. The maximum atomic E-state index is 13.2. The summed E-state index contributed by atoms with van der Waals surface area (Å²) in [6.07, 6.45) is 0. The Morgan fingerprint density at radius 2 is 1.82 bits per heavy atom. The van der Waals surface area contributed by atoms with Crippen LogP contribution < -0.4 is 10.6 Å². The van der Waals surface area contributed by atoms with E-state index in [1.807, 2.05) is 60.0 Å². The molecule has 0 amide bonds. The summed E-state index contributed by atoms with van der Waals surface area (Å²) in [7, 11) is 0. The van der Waals surface area contributed by atoms with E-state index in [1.165, 1.54) is 27.2 Å². The molecule has 0 bridgehead atoms. The van der Waals surface area contributed by atoms with E-state index in [2.05, 4.69) is 9.88 Å². The third-order valence-electron chi connectivity index (χ3n) is 5.92. The van der Waals surface area contributed by atoms with Gasteiger partial charge in [0.2, 0.25) is 0 Å². The number of aromatic nitrogens is 3. The summed E-state index contributed by atoms with van der Waals surface area (Å²) in [5, 5.41) is 4.82. The van der Waals surface area contributed by atoms with Crippen LogP contribution in [0.4, 0.5) is 5.13 Å². The van der Waals surface area contributed by atoms with Gasteiger partial charge in [0.1, 0.15) is 16.0 Å². The number of morpholine rings is 1. The molecule has 34 heavy (non-hydrogen) atoms. The summed E-state index contributed by atoms with van der Waals surface area (Å²) in [5.74, 6) is -0.138. The van der Waals surface area contributed by atoms with E-state index in [1.54, 1.807) is 0 Å². The van der Waals surface area contributed by atoms with Crippen molar-refractivity contribution < 1.29 is 9.53 Å². The van der Waals surface area contributed by atoms with Crippen LogP contribution >= 0.6 is 22.7 Å². The molecule has 7 nitrogen and oxygen atoms in total. The molecular weight excluding hydrogens is 468 g/mol. The van der Waals surface area contributed by atoms with E-state index in [0.29, 0.717) is 34.8 Å². The van der Waals surface area contributed by atoms with Crippen molar-refractivity contribution >= 4 is 54.7 Å². The number of thiophene rings is 1. The van der Waals surface area contributed by atoms with Gasteiger partial charge in [-0.3, -0.25) is 9.36 Å². The largest absolute Gasteiger partial charge is 0.378 e. The summed E-state index contributed by atoms with van der Waals surface area (Å²) in [6.45, 7) is 2.66. The number of carbonyl (C=O) groups is 1. The molecule has 0 saturated carbocycles. The number of rotatable bonds is 5. The van der Waals surface area contributed by atoms with Gasteiger partial charge in [-0.2, -0.15) is 4.98 Å². The second-order valence-electron chi connectivity index (χ2n) is 8.04. The lowest BCUT2D eigenvalue weighted by atomic mass is 10.0. The predicted molar refractivity (Wildman–Crippen MR) is 136 cm³/mol. The molecule has 0 radical (unpaired) electrons. The molecule has 170 valence electrons. The van der Waals surface area contributed by atoms with Crippen LogP contribution in [0.1, 0.15) is 10.4 Å². The number of thiazole rings is 1. The Morgan fingerprint density at radius 3 is 2.62 bits per heavy atom. The molecule has 4 heterocycles. The molecule has 1 saturated heterocycles. The number of benzene rings is 2. The van der Waals surface area contributed by atoms with Gasteiger partial charge in [-0.15, -0.1) is 11.3 Å². The summed E-state index contributed by atoms with van der Waals surface area (Å²) in [5.41, 5.74) is 1.35. The highest BCUT2D eigenvalue weighted by Gasteiger charge is 2.23. The number of anilines is 1. The first kappa shape index (κ1) is 21.2. The van der Waals surface area contributed by atoms with Crippen molar-refractivity contribution in [3.05, 3.63) is 76.0 Å².